The average molecular weight is 2160 g/mol. The van der Waals surface area contributed by atoms with Crippen molar-refractivity contribution in [2.75, 3.05) is 27.9 Å². The zero-order valence-electron chi connectivity index (χ0n) is 61.6. The first-order valence-electron chi connectivity index (χ1n) is 35.6. The average Bonchev–Trinajstić information content (AvgIpc) is 1.57. The molecule has 3 atom stereocenters. The van der Waals surface area contributed by atoms with Gasteiger partial charge in [0.15, 0.2) is 0 Å². The number of benzene rings is 11. The molecule has 12 aliphatic heterocycles. The summed E-state index contributed by atoms with van der Waals surface area (Å²) in [7, 11) is 4.97. The zero-order valence-corrected chi connectivity index (χ0v) is 75.9. The molecule has 0 N–H and O–H groups in total. The first kappa shape index (κ1) is 82.0. The number of halogens is 3. The summed E-state index contributed by atoms with van der Waals surface area (Å²) < 4.78 is 177. The summed E-state index contributed by atoms with van der Waals surface area (Å²) in [5, 5.41) is 0. The second-order valence-corrected chi connectivity index (χ2v) is 56.1. The third kappa shape index (κ3) is 16.1. The Hall–Kier alpha value is -7.71. The van der Waals surface area contributed by atoms with E-state index in [2.05, 4.69) is 64.5 Å². The van der Waals surface area contributed by atoms with Gasteiger partial charge in [-0.15, -0.1) is 0 Å². The van der Waals surface area contributed by atoms with E-state index in [1.165, 1.54) is 82.6 Å². The molecule has 12 aliphatic rings. The van der Waals surface area contributed by atoms with Crippen LogP contribution < -0.4 is 63.3 Å². The van der Waals surface area contributed by atoms with Crippen LogP contribution in [0.1, 0.15) is 82.0 Å². The second kappa shape index (κ2) is 35.3. The molecule has 33 heteroatoms. The summed E-state index contributed by atoms with van der Waals surface area (Å²) in [6.07, 6.45) is 1.03. The van der Waals surface area contributed by atoms with Gasteiger partial charge in [-0.05, 0) is 0 Å². The molecular formula is C83H69F3O22Se7Te. The molecule has 116 heavy (non-hydrogen) atoms. The molecule has 0 bridgehead atoms. The third-order valence-electron chi connectivity index (χ3n) is 19.1. The van der Waals surface area contributed by atoms with Gasteiger partial charge in [0, 0.05) is 0 Å². The maximum absolute atomic E-state index is 13.3. The van der Waals surface area contributed by atoms with Crippen LogP contribution in [0.5, 0.6) is 17.2 Å². The van der Waals surface area contributed by atoms with Crippen molar-refractivity contribution in [3.8, 4) is 17.2 Å². The summed E-state index contributed by atoms with van der Waals surface area (Å²) in [6, 6.07) is 69.2. The fourth-order valence-corrected chi connectivity index (χ4v) is 44.6. The topological polar surface area (TPSA) is 258 Å². The molecule has 11 aromatic rings. The fraction of sp³-hybridized carbons (Fsp3) is 0.169. The SMILES string of the molecule is COc1ccc2c(c1)CO[Se]21OCc2cc(OC)ccc21.COc1ccc2c(c1)CO[Se]2=O.Fc1ccc2c(c1)CO[Se]21OCc2cc(F)ccc21.O=C1O[Se](=O)c2ccccc21.O=C1O[Se]2(OC(=O)c3ccccc32)c2ccccc21.O=[Se]1OCc2cc(F)ccc21.O=[Te]1CCCO1.c1ccc2c(c1)CO[Se]21OCc2ccccc21. The van der Waals surface area contributed by atoms with E-state index in [9.17, 15) is 42.2 Å². The van der Waals surface area contributed by atoms with Crippen molar-refractivity contribution in [3.63, 3.8) is 0 Å². The molecule has 0 saturated carbocycles. The van der Waals surface area contributed by atoms with Gasteiger partial charge in [0.1, 0.15) is 0 Å². The summed E-state index contributed by atoms with van der Waals surface area (Å²) in [5.74, 6) is 0.410. The van der Waals surface area contributed by atoms with E-state index in [0.29, 0.717) is 78.5 Å². The Labute approximate surface area is 696 Å². The molecule has 11 aromatic carbocycles. The first-order chi connectivity index (χ1) is 56.3. The quantitative estimate of drug-likeness (QED) is 0.186. The van der Waals surface area contributed by atoms with Crippen LogP contribution in [0.15, 0.2) is 231 Å². The van der Waals surface area contributed by atoms with Crippen molar-refractivity contribution in [2.45, 2.75) is 63.7 Å². The van der Waals surface area contributed by atoms with E-state index in [1.54, 1.807) is 82.0 Å². The minimum absolute atomic E-state index is 0.270. The van der Waals surface area contributed by atoms with Crippen LogP contribution >= 0.6 is 0 Å². The number of rotatable bonds is 3. The Morgan fingerprint density at radius 1 is 0.336 bits per heavy atom. The van der Waals surface area contributed by atoms with Gasteiger partial charge in [-0.1, -0.05) is 0 Å². The Balaban J connectivity index is 0.000000101. The molecule has 0 radical (unpaired) electrons. The van der Waals surface area contributed by atoms with Gasteiger partial charge in [-0.25, -0.2) is 0 Å². The number of methoxy groups -OCH3 is 3. The summed E-state index contributed by atoms with van der Waals surface area (Å²) in [5.41, 5.74) is 9.82. The van der Waals surface area contributed by atoms with Crippen LogP contribution in [0, 0.1) is 17.5 Å². The van der Waals surface area contributed by atoms with Gasteiger partial charge >= 0.3 is 703 Å². The van der Waals surface area contributed by atoms with Crippen LogP contribution in [0.2, 0.25) is 4.47 Å². The molecular weight excluding hydrogens is 2090 g/mol. The van der Waals surface area contributed by atoms with E-state index in [1.807, 2.05) is 66.7 Å². The Morgan fingerprint density at radius 2 is 0.681 bits per heavy atom. The van der Waals surface area contributed by atoms with Gasteiger partial charge in [-0.3, -0.25) is 0 Å². The van der Waals surface area contributed by atoms with Gasteiger partial charge in [0.05, 0.1) is 0 Å². The van der Waals surface area contributed by atoms with Crippen molar-refractivity contribution < 1.29 is 101 Å². The fourth-order valence-electron chi connectivity index (χ4n) is 13.7. The number of carbonyl (C=O) groups is 3. The molecule has 602 valence electrons. The van der Waals surface area contributed by atoms with Gasteiger partial charge in [0.25, 0.3) is 0 Å². The molecule has 4 spiro atoms. The predicted octanol–water partition coefficient (Wildman–Crippen LogP) is 5.93. The maximum atomic E-state index is 13.3. The molecule has 1 fully saturated rings. The molecule has 23 rings (SSSR count). The number of ether oxygens (including phenoxy) is 3. The van der Waals surface area contributed by atoms with E-state index in [0.717, 1.165) is 79.3 Å². The van der Waals surface area contributed by atoms with E-state index in [-0.39, 0.29) is 17.5 Å². The standard InChI is InChI=1S/C16H16O4Se.C14H10F2O2Se.C14H8O4Se.C14H12O2Se.C8H8O3Se.C7H5FO2Se.C7H4O3Se.C3H6O2Te/c1-17-13-3-5-15-11(7-13)9-19-21(15)16-6-4-14(18-2)8-12(16)10-20-21;15-11-1-3-13-9(5-11)7-17-19(13)14-4-2-12(16)6-10(14)8-18-19;15-13-9-5-1-3-7-11(9)19(17-13)12-8-4-2-6-10(12)14(16)18-19;1-3-7-13-11(5-1)9-15-17(13)14-8-4-2-6-12(14)10-16-17;1-10-7-2-3-8-6(4-7)5-11-12(8)9;8-6-1-2-7-5(3-6)4-10-11(7)9;8-7-5-3-1-2-4-6(5)11(9)10-7;4-6-3-1-2-5-6/h3-8H,9-10H2,1-2H3;1-6H,7-8H2;1-8H;1-8H,9-10H2;2-4H,5H2,1H3;1-3H,4H2;1-4H;1-3H2. The predicted molar refractivity (Wildman–Crippen MR) is 425 cm³/mol. The molecule has 12 heterocycles. The van der Waals surface area contributed by atoms with Gasteiger partial charge in [0.2, 0.25) is 0 Å². The van der Waals surface area contributed by atoms with Gasteiger partial charge < -0.3 is 0 Å². The Kier molecular flexibility index (Phi) is 25.0. The van der Waals surface area contributed by atoms with Crippen LogP contribution in [-0.2, 0) is 113 Å². The van der Waals surface area contributed by atoms with Crippen molar-refractivity contribution in [3.05, 3.63) is 309 Å². The number of carbonyl (C=O) groups excluding carboxylic acids is 3. The molecule has 0 amide bonds. The number of hydrogen-bond acceptors (Lipinski definition) is 22. The van der Waals surface area contributed by atoms with Crippen LogP contribution in [-0.4, -0.2) is 162 Å². The summed E-state index contributed by atoms with van der Waals surface area (Å²) >= 11 is -20.4. The summed E-state index contributed by atoms with van der Waals surface area (Å²) in [6.45, 7) is 4.82. The van der Waals surface area contributed by atoms with Gasteiger partial charge in [-0.2, -0.15) is 0 Å². The van der Waals surface area contributed by atoms with E-state index < -0.39 is 134 Å². The van der Waals surface area contributed by atoms with E-state index >= 15 is 0 Å². The van der Waals surface area contributed by atoms with Crippen molar-refractivity contribution >= 4 is 183 Å². The van der Waals surface area contributed by atoms with Crippen molar-refractivity contribution in [2.24, 2.45) is 0 Å². The second-order valence-electron chi connectivity index (χ2n) is 26.0. The zero-order chi connectivity index (χ0) is 80.5. The van der Waals surface area contributed by atoms with Crippen LogP contribution in [0.25, 0.3) is 0 Å². The number of fused-ring (bicyclic) bond motifs is 19. The van der Waals surface area contributed by atoms with Crippen molar-refractivity contribution in [1.29, 1.82) is 0 Å². The first-order valence-corrected chi connectivity index (χ1v) is 58.3. The van der Waals surface area contributed by atoms with E-state index in [4.69, 9.17) is 55.5 Å². The molecule has 3 unspecified atom stereocenters. The molecule has 1 saturated heterocycles. The summed E-state index contributed by atoms with van der Waals surface area (Å²) in [4.78, 5) is 34.8. The third-order valence-corrected chi connectivity index (χ3v) is 52.3. The monoisotopic (exact) mass is 2160 g/mol. The Bertz CT molecular complexity index is 5540. The van der Waals surface area contributed by atoms with Crippen LogP contribution in [0.4, 0.5) is 13.2 Å². The molecule has 0 aliphatic carbocycles. The molecule has 22 nitrogen and oxygen atoms in total. The van der Waals surface area contributed by atoms with Crippen molar-refractivity contribution in [1.82, 2.24) is 0 Å². The normalized spacial score (nSPS) is 20.6. The minimum atomic E-state index is -3.35. The molecule has 0 aromatic heterocycles. The Morgan fingerprint density at radius 3 is 1.10 bits per heavy atom. The van der Waals surface area contributed by atoms with Crippen LogP contribution in [0.3, 0.4) is 0 Å². The number of hydrogen-bond donors (Lipinski definition) is 0.